The van der Waals surface area contributed by atoms with E-state index in [1.165, 1.54) is 16.9 Å². The maximum Gasteiger partial charge on any atom is 0.261 e. The summed E-state index contributed by atoms with van der Waals surface area (Å²) in [5, 5.41) is 2.79. The lowest BCUT2D eigenvalue weighted by molar-refractivity contribution is 0.0953. The van der Waals surface area contributed by atoms with E-state index in [2.05, 4.69) is 5.32 Å². The van der Waals surface area contributed by atoms with E-state index in [4.69, 9.17) is 18.0 Å². The van der Waals surface area contributed by atoms with Gasteiger partial charge in [-0.3, -0.25) is 4.79 Å². The summed E-state index contributed by atoms with van der Waals surface area (Å²) in [4.78, 5) is 14.3. The molecule has 0 radical (unpaired) electrons. The Morgan fingerprint density at radius 1 is 1.62 bits per heavy atom. The van der Waals surface area contributed by atoms with Gasteiger partial charge in [-0.2, -0.15) is 0 Å². The third kappa shape index (κ3) is 2.25. The minimum atomic E-state index is -0.251. The van der Waals surface area contributed by atoms with E-state index in [0.717, 1.165) is 17.7 Å². The first-order valence-electron chi connectivity index (χ1n) is 5.29. The second-order valence-corrected chi connectivity index (χ2v) is 5.62. The third-order valence-corrected chi connectivity index (χ3v) is 4.33. The number of nitrogens with two attached hydrogens (primary N) is 1. The Morgan fingerprint density at radius 3 is 3.00 bits per heavy atom. The van der Waals surface area contributed by atoms with Gasteiger partial charge < -0.3 is 11.1 Å². The van der Waals surface area contributed by atoms with Crippen molar-refractivity contribution in [3.8, 4) is 0 Å². The highest BCUT2D eigenvalue weighted by Gasteiger charge is 2.19. The van der Waals surface area contributed by atoms with Crippen molar-refractivity contribution in [2.24, 2.45) is 5.73 Å². The second kappa shape index (κ2) is 4.51. The number of thiophene rings is 1. The predicted molar refractivity (Wildman–Crippen MR) is 70.1 cm³/mol. The quantitative estimate of drug-likeness (QED) is 0.806. The zero-order chi connectivity index (χ0) is 11.7. The molecule has 5 heteroatoms. The van der Waals surface area contributed by atoms with Crippen LogP contribution < -0.4 is 11.1 Å². The van der Waals surface area contributed by atoms with Gasteiger partial charge in [-0.25, -0.2) is 0 Å². The van der Waals surface area contributed by atoms with Crippen LogP contribution in [-0.2, 0) is 12.8 Å². The van der Waals surface area contributed by atoms with Crippen molar-refractivity contribution in [3.05, 3.63) is 21.4 Å². The molecule has 0 aromatic carbocycles. The Balaban J connectivity index is 2.07. The molecule has 0 spiro atoms. The minimum absolute atomic E-state index is 0.0697. The number of rotatable bonds is 3. The average Bonchev–Trinajstić information content (AvgIpc) is 2.75. The number of amides is 1. The highest BCUT2D eigenvalue weighted by molar-refractivity contribution is 7.80. The number of carbonyl (C=O) groups excluding carboxylic acids is 1. The monoisotopic (exact) mass is 254 g/mol. The Bertz CT molecular complexity index is 418. The second-order valence-electron chi connectivity index (χ2n) is 4.01. The van der Waals surface area contributed by atoms with E-state index >= 15 is 0 Å². The van der Waals surface area contributed by atoms with Crippen molar-refractivity contribution in [1.82, 2.24) is 5.32 Å². The van der Waals surface area contributed by atoms with Crippen LogP contribution in [0.1, 0.15) is 33.5 Å². The first-order valence-corrected chi connectivity index (χ1v) is 6.52. The van der Waals surface area contributed by atoms with Crippen LogP contribution in [0.2, 0.25) is 0 Å². The predicted octanol–water partition coefficient (Wildman–Crippen LogP) is 1.64. The molecule has 1 unspecified atom stereocenters. The van der Waals surface area contributed by atoms with Crippen molar-refractivity contribution < 1.29 is 4.79 Å². The molecule has 1 atom stereocenters. The van der Waals surface area contributed by atoms with Gasteiger partial charge in [0.25, 0.3) is 5.91 Å². The number of nitrogens with one attached hydrogen (secondary N) is 1. The van der Waals surface area contributed by atoms with Gasteiger partial charge in [0.1, 0.15) is 0 Å². The fourth-order valence-electron chi connectivity index (χ4n) is 1.78. The van der Waals surface area contributed by atoms with Crippen LogP contribution in [0.4, 0.5) is 0 Å². The molecule has 3 N–H and O–H groups in total. The molecule has 86 valence electrons. The van der Waals surface area contributed by atoms with Gasteiger partial charge in [-0.15, -0.1) is 11.3 Å². The van der Waals surface area contributed by atoms with Gasteiger partial charge in [0.15, 0.2) is 0 Å². The molecule has 1 aliphatic rings. The fourth-order valence-corrected chi connectivity index (χ4v) is 3.00. The fraction of sp³-hybridized carbons (Fsp3) is 0.455. The van der Waals surface area contributed by atoms with E-state index in [1.807, 2.05) is 6.07 Å². The lowest BCUT2D eigenvalue weighted by Gasteiger charge is -2.10. The van der Waals surface area contributed by atoms with Crippen molar-refractivity contribution in [2.45, 2.75) is 32.2 Å². The smallest absolute Gasteiger partial charge is 0.261 e. The van der Waals surface area contributed by atoms with Gasteiger partial charge >= 0.3 is 0 Å². The van der Waals surface area contributed by atoms with Crippen LogP contribution in [-0.4, -0.2) is 16.9 Å². The number of hydrogen-bond acceptors (Lipinski definition) is 3. The minimum Gasteiger partial charge on any atom is -0.392 e. The molecular weight excluding hydrogens is 240 g/mol. The summed E-state index contributed by atoms with van der Waals surface area (Å²) in [6, 6.07) is 1.74. The Morgan fingerprint density at radius 2 is 2.38 bits per heavy atom. The number of hydrogen-bond donors (Lipinski definition) is 2. The lowest BCUT2D eigenvalue weighted by atomic mass is 10.2. The largest absolute Gasteiger partial charge is 0.392 e. The number of fused-ring (bicyclic) bond motifs is 1. The zero-order valence-electron chi connectivity index (χ0n) is 9.08. The van der Waals surface area contributed by atoms with Gasteiger partial charge in [-0.1, -0.05) is 12.2 Å². The molecule has 1 aliphatic carbocycles. The van der Waals surface area contributed by atoms with Crippen LogP contribution in [0.3, 0.4) is 0 Å². The topological polar surface area (TPSA) is 55.1 Å². The van der Waals surface area contributed by atoms with E-state index in [1.54, 1.807) is 18.3 Å². The molecule has 0 saturated carbocycles. The van der Waals surface area contributed by atoms with Crippen LogP contribution >= 0.6 is 23.6 Å². The molecular formula is C11H14N2OS2. The first-order chi connectivity index (χ1) is 7.58. The van der Waals surface area contributed by atoms with Crippen LogP contribution in [0.25, 0.3) is 0 Å². The maximum absolute atomic E-state index is 11.8. The van der Waals surface area contributed by atoms with Crippen molar-refractivity contribution in [3.63, 3.8) is 0 Å². The van der Waals surface area contributed by atoms with Gasteiger partial charge in [0.05, 0.1) is 15.9 Å². The first kappa shape index (κ1) is 11.5. The Hall–Kier alpha value is -0.940. The molecule has 0 aliphatic heterocycles. The molecule has 0 fully saturated rings. The van der Waals surface area contributed by atoms with Crippen LogP contribution in [0.5, 0.6) is 0 Å². The van der Waals surface area contributed by atoms with E-state index in [9.17, 15) is 4.79 Å². The van der Waals surface area contributed by atoms with E-state index in [0.29, 0.717) is 4.99 Å². The third-order valence-electron chi connectivity index (χ3n) is 2.74. The van der Waals surface area contributed by atoms with Crippen LogP contribution in [0, 0.1) is 0 Å². The van der Waals surface area contributed by atoms with E-state index in [-0.39, 0.29) is 11.9 Å². The summed E-state index contributed by atoms with van der Waals surface area (Å²) in [5.41, 5.74) is 6.79. The molecule has 2 rings (SSSR count). The SMILES string of the molecule is CC(NC(=O)c1cc2c(s1)CCC2)C(N)=S. The normalized spacial score (nSPS) is 15.6. The average molecular weight is 254 g/mol. The highest BCUT2D eigenvalue weighted by atomic mass is 32.1. The highest BCUT2D eigenvalue weighted by Crippen LogP contribution is 2.30. The number of aryl methyl sites for hydroxylation is 2. The molecule has 0 bridgehead atoms. The van der Waals surface area contributed by atoms with Gasteiger partial charge in [-0.05, 0) is 37.8 Å². The van der Waals surface area contributed by atoms with Gasteiger partial charge in [0.2, 0.25) is 0 Å². The van der Waals surface area contributed by atoms with E-state index < -0.39 is 0 Å². The van der Waals surface area contributed by atoms with Gasteiger partial charge in [0, 0.05) is 4.88 Å². The summed E-state index contributed by atoms with van der Waals surface area (Å²) >= 11 is 6.41. The molecule has 1 amide bonds. The molecule has 1 heterocycles. The van der Waals surface area contributed by atoms with Crippen molar-refractivity contribution >= 4 is 34.5 Å². The Kier molecular flexibility index (Phi) is 3.25. The van der Waals surface area contributed by atoms with Crippen LogP contribution in [0.15, 0.2) is 6.07 Å². The number of thiocarbonyl (C=S) groups is 1. The molecule has 16 heavy (non-hydrogen) atoms. The zero-order valence-corrected chi connectivity index (χ0v) is 10.7. The lowest BCUT2D eigenvalue weighted by Crippen LogP contribution is -2.40. The molecule has 0 saturated heterocycles. The molecule has 1 aromatic heterocycles. The summed E-state index contributed by atoms with van der Waals surface area (Å²) in [5.74, 6) is -0.0697. The molecule has 1 aromatic rings. The standard InChI is InChI=1S/C11H14N2OS2/c1-6(10(12)15)13-11(14)9-5-7-3-2-4-8(7)16-9/h5-6H,2-4H2,1H3,(H2,12,15)(H,13,14). The summed E-state index contributed by atoms with van der Waals surface area (Å²) in [6.07, 6.45) is 3.43. The maximum atomic E-state index is 11.8. The Labute approximate surface area is 104 Å². The number of carbonyl (C=O) groups is 1. The summed E-state index contributed by atoms with van der Waals surface area (Å²) < 4.78 is 0. The van der Waals surface area contributed by atoms with Crippen molar-refractivity contribution in [1.29, 1.82) is 0 Å². The summed E-state index contributed by atoms with van der Waals surface area (Å²) in [7, 11) is 0. The summed E-state index contributed by atoms with van der Waals surface area (Å²) in [6.45, 7) is 1.79. The molecule has 3 nitrogen and oxygen atoms in total. The van der Waals surface area contributed by atoms with Crippen molar-refractivity contribution in [2.75, 3.05) is 0 Å².